The average Bonchev–Trinajstić information content (AvgIpc) is 2.90. The molecule has 0 saturated carbocycles. The first-order valence-electron chi connectivity index (χ1n) is 7.80. The van der Waals surface area contributed by atoms with Crippen LogP contribution >= 0.6 is 12.4 Å². The topological polar surface area (TPSA) is 79.9 Å². The third-order valence-electron chi connectivity index (χ3n) is 4.70. The Morgan fingerprint density at radius 2 is 1.86 bits per heavy atom. The number of rotatable bonds is 3. The van der Waals surface area contributed by atoms with Gasteiger partial charge >= 0.3 is 0 Å². The maximum atomic E-state index is 12.5. The molecule has 0 aromatic heterocycles. The molecule has 0 radical (unpaired) electrons. The van der Waals surface area contributed by atoms with Crippen molar-refractivity contribution in [2.75, 3.05) is 32.8 Å². The summed E-state index contributed by atoms with van der Waals surface area (Å²) in [6, 6.07) is 0.143. The van der Waals surface area contributed by atoms with E-state index in [0.717, 1.165) is 19.4 Å². The SMILES string of the molecule is CC1NCCCC1NS(=O)(=O)N1CCC2(CC1)OCCO2.Cl. The molecule has 3 fully saturated rings. The van der Waals surface area contributed by atoms with E-state index in [1.54, 1.807) is 0 Å². The van der Waals surface area contributed by atoms with Crippen LogP contribution in [0, 0.1) is 0 Å². The Bertz CT molecular complexity index is 460. The lowest BCUT2D eigenvalue weighted by Gasteiger charge is -2.38. The fourth-order valence-corrected chi connectivity index (χ4v) is 4.84. The molecule has 3 saturated heterocycles. The van der Waals surface area contributed by atoms with Crippen LogP contribution in [-0.4, -0.2) is 63.4 Å². The smallest absolute Gasteiger partial charge is 0.279 e. The number of nitrogens with zero attached hydrogens (tertiary/aromatic N) is 1. The van der Waals surface area contributed by atoms with Crippen molar-refractivity contribution in [3.8, 4) is 0 Å². The molecule has 9 heteroatoms. The van der Waals surface area contributed by atoms with Crippen LogP contribution in [0.25, 0.3) is 0 Å². The van der Waals surface area contributed by atoms with E-state index in [4.69, 9.17) is 9.47 Å². The molecule has 22 heavy (non-hydrogen) atoms. The van der Waals surface area contributed by atoms with Gasteiger partial charge in [-0.1, -0.05) is 0 Å². The first-order valence-corrected chi connectivity index (χ1v) is 9.24. The monoisotopic (exact) mass is 355 g/mol. The van der Waals surface area contributed by atoms with Gasteiger partial charge in [0.05, 0.1) is 13.2 Å². The Hall–Kier alpha value is 0.0400. The van der Waals surface area contributed by atoms with Crippen LogP contribution in [0.5, 0.6) is 0 Å². The zero-order valence-electron chi connectivity index (χ0n) is 12.9. The van der Waals surface area contributed by atoms with Gasteiger partial charge in [-0.25, -0.2) is 0 Å². The summed E-state index contributed by atoms with van der Waals surface area (Å²) in [6.07, 6.45) is 3.10. The van der Waals surface area contributed by atoms with E-state index in [-0.39, 0.29) is 24.5 Å². The van der Waals surface area contributed by atoms with Crippen LogP contribution in [-0.2, 0) is 19.7 Å². The van der Waals surface area contributed by atoms with Crippen molar-refractivity contribution in [3.63, 3.8) is 0 Å². The predicted octanol–water partition coefficient (Wildman–Crippen LogP) is 0.222. The van der Waals surface area contributed by atoms with Crippen LogP contribution in [0.15, 0.2) is 0 Å². The van der Waals surface area contributed by atoms with Crippen molar-refractivity contribution >= 4 is 22.6 Å². The fourth-order valence-electron chi connectivity index (χ4n) is 3.32. The van der Waals surface area contributed by atoms with Gasteiger partial charge < -0.3 is 14.8 Å². The molecule has 0 aromatic carbocycles. The lowest BCUT2D eigenvalue weighted by Crippen LogP contribution is -2.57. The van der Waals surface area contributed by atoms with E-state index >= 15 is 0 Å². The average molecular weight is 356 g/mol. The molecule has 0 aromatic rings. The van der Waals surface area contributed by atoms with Gasteiger partial charge in [-0.15, -0.1) is 12.4 Å². The molecule has 2 unspecified atom stereocenters. The van der Waals surface area contributed by atoms with E-state index in [2.05, 4.69) is 10.0 Å². The summed E-state index contributed by atoms with van der Waals surface area (Å²) in [5, 5.41) is 3.31. The second-order valence-electron chi connectivity index (χ2n) is 6.12. The zero-order valence-corrected chi connectivity index (χ0v) is 14.5. The van der Waals surface area contributed by atoms with E-state index in [9.17, 15) is 8.42 Å². The molecule has 3 aliphatic heterocycles. The van der Waals surface area contributed by atoms with Gasteiger partial charge in [0.1, 0.15) is 0 Å². The van der Waals surface area contributed by atoms with Gasteiger partial charge in [0, 0.05) is 38.0 Å². The van der Waals surface area contributed by atoms with Gasteiger partial charge in [-0.2, -0.15) is 17.4 Å². The molecular weight excluding hydrogens is 330 g/mol. The third-order valence-corrected chi connectivity index (χ3v) is 6.35. The molecule has 3 aliphatic rings. The number of nitrogens with one attached hydrogen (secondary N) is 2. The quantitative estimate of drug-likeness (QED) is 0.757. The van der Waals surface area contributed by atoms with Crippen molar-refractivity contribution < 1.29 is 17.9 Å². The normalized spacial score (nSPS) is 32.8. The molecule has 7 nitrogen and oxygen atoms in total. The lowest BCUT2D eigenvalue weighted by molar-refractivity contribution is -0.179. The summed E-state index contributed by atoms with van der Waals surface area (Å²) in [4.78, 5) is 0. The molecule has 2 N–H and O–H groups in total. The van der Waals surface area contributed by atoms with Crippen molar-refractivity contribution in [1.29, 1.82) is 0 Å². The maximum Gasteiger partial charge on any atom is 0.279 e. The summed E-state index contributed by atoms with van der Waals surface area (Å²) < 4.78 is 40.7. The molecular formula is C13H26ClN3O4S. The summed E-state index contributed by atoms with van der Waals surface area (Å²) in [5.41, 5.74) is 0. The third kappa shape index (κ3) is 3.92. The highest BCUT2D eigenvalue weighted by molar-refractivity contribution is 7.87. The zero-order chi connectivity index (χ0) is 14.9. The minimum Gasteiger partial charge on any atom is -0.347 e. The highest BCUT2D eigenvalue weighted by Gasteiger charge is 2.42. The number of piperidine rings is 2. The molecule has 2 atom stereocenters. The first kappa shape index (κ1) is 18.4. The van der Waals surface area contributed by atoms with E-state index in [1.165, 1.54) is 4.31 Å². The Morgan fingerprint density at radius 3 is 2.45 bits per heavy atom. The summed E-state index contributed by atoms with van der Waals surface area (Å²) in [7, 11) is -3.43. The molecule has 1 spiro atoms. The van der Waals surface area contributed by atoms with Gasteiger partial charge in [-0.3, -0.25) is 0 Å². The van der Waals surface area contributed by atoms with Crippen molar-refractivity contribution in [2.24, 2.45) is 0 Å². The minimum atomic E-state index is -3.43. The van der Waals surface area contributed by atoms with Crippen LogP contribution in [0.2, 0.25) is 0 Å². The van der Waals surface area contributed by atoms with Crippen molar-refractivity contribution in [1.82, 2.24) is 14.3 Å². The Morgan fingerprint density at radius 1 is 1.23 bits per heavy atom. The second-order valence-corrected chi connectivity index (χ2v) is 7.82. The highest BCUT2D eigenvalue weighted by atomic mass is 35.5. The second kappa shape index (κ2) is 7.29. The molecule has 0 bridgehead atoms. The van der Waals surface area contributed by atoms with Crippen LogP contribution in [0.3, 0.4) is 0 Å². The summed E-state index contributed by atoms with van der Waals surface area (Å²) in [5.74, 6) is -0.536. The predicted molar refractivity (Wildman–Crippen MR) is 85.2 cm³/mol. The number of hydrogen-bond donors (Lipinski definition) is 2. The first-order chi connectivity index (χ1) is 10.0. The minimum absolute atomic E-state index is 0. The standard InChI is InChI=1S/C13H25N3O4S.ClH/c1-11-12(3-2-6-14-11)15-21(17,18)16-7-4-13(5-8-16)19-9-10-20-13;/h11-12,14-15H,2-10H2,1H3;1H. The van der Waals surface area contributed by atoms with Crippen LogP contribution in [0.1, 0.15) is 32.6 Å². The largest absolute Gasteiger partial charge is 0.347 e. The van der Waals surface area contributed by atoms with Gasteiger partial charge in [0.25, 0.3) is 10.2 Å². The number of ether oxygens (including phenoxy) is 2. The van der Waals surface area contributed by atoms with Gasteiger partial charge in [-0.05, 0) is 26.3 Å². The van der Waals surface area contributed by atoms with Crippen molar-refractivity contribution in [3.05, 3.63) is 0 Å². The highest BCUT2D eigenvalue weighted by Crippen LogP contribution is 2.32. The molecule has 0 amide bonds. The Kier molecular flexibility index (Phi) is 6.09. The summed E-state index contributed by atoms with van der Waals surface area (Å²) in [6.45, 7) is 5.10. The number of hydrogen-bond acceptors (Lipinski definition) is 5. The van der Waals surface area contributed by atoms with Crippen LogP contribution < -0.4 is 10.0 Å². The van der Waals surface area contributed by atoms with Crippen LogP contribution in [0.4, 0.5) is 0 Å². The molecule has 130 valence electrons. The van der Waals surface area contributed by atoms with Crippen molar-refractivity contribution in [2.45, 2.75) is 50.5 Å². The van der Waals surface area contributed by atoms with E-state index < -0.39 is 16.0 Å². The summed E-state index contributed by atoms with van der Waals surface area (Å²) >= 11 is 0. The number of halogens is 1. The van der Waals surface area contributed by atoms with E-state index in [1.807, 2.05) is 6.92 Å². The van der Waals surface area contributed by atoms with Gasteiger partial charge in [0.2, 0.25) is 0 Å². The Labute approximate surface area is 138 Å². The Balaban J connectivity index is 0.00000176. The lowest BCUT2D eigenvalue weighted by atomic mass is 10.0. The maximum absolute atomic E-state index is 12.5. The fraction of sp³-hybridized carbons (Fsp3) is 1.00. The van der Waals surface area contributed by atoms with E-state index in [0.29, 0.717) is 39.1 Å². The molecule has 3 rings (SSSR count). The van der Waals surface area contributed by atoms with Gasteiger partial charge in [0.15, 0.2) is 5.79 Å². The molecule has 0 aliphatic carbocycles. The molecule has 3 heterocycles.